The summed E-state index contributed by atoms with van der Waals surface area (Å²) in [5, 5.41) is 3.58. The van der Waals surface area contributed by atoms with Gasteiger partial charge in [-0.15, -0.1) is 0 Å². The van der Waals surface area contributed by atoms with Gasteiger partial charge in [-0.3, -0.25) is 9.36 Å². The van der Waals surface area contributed by atoms with Crippen molar-refractivity contribution in [2.75, 3.05) is 11.9 Å². The molecule has 0 aliphatic carbocycles. The highest BCUT2D eigenvalue weighted by atomic mass is 35.5. The van der Waals surface area contributed by atoms with Crippen molar-refractivity contribution < 1.29 is 9.53 Å². The van der Waals surface area contributed by atoms with Gasteiger partial charge in [0.2, 0.25) is 0 Å². The third-order valence-electron chi connectivity index (χ3n) is 3.32. The normalized spacial score (nSPS) is 10.5. The summed E-state index contributed by atoms with van der Waals surface area (Å²) >= 11 is 16.9. The minimum absolute atomic E-state index is 0.147. The van der Waals surface area contributed by atoms with Gasteiger partial charge in [-0.05, 0) is 42.5 Å². The maximum absolute atomic E-state index is 12.1. The van der Waals surface area contributed by atoms with Crippen LogP contribution in [-0.4, -0.2) is 22.1 Å². The van der Waals surface area contributed by atoms with Crippen LogP contribution in [0.1, 0.15) is 0 Å². The first-order valence-electron chi connectivity index (χ1n) is 7.27. The molecule has 128 valence electrons. The molecule has 5 nitrogen and oxygen atoms in total. The molecule has 2 N–H and O–H groups in total. The zero-order valence-electron chi connectivity index (χ0n) is 12.8. The van der Waals surface area contributed by atoms with Gasteiger partial charge in [-0.1, -0.05) is 29.3 Å². The van der Waals surface area contributed by atoms with Crippen LogP contribution in [0.15, 0.2) is 54.9 Å². The van der Waals surface area contributed by atoms with Crippen LogP contribution in [0.25, 0.3) is 5.69 Å². The van der Waals surface area contributed by atoms with E-state index in [-0.39, 0.29) is 12.5 Å². The first-order chi connectivity index (χ1) is 12.0. The van der Waals surface area contributed by atoms with Crippen molar-refractivity contribution in [1.82, 2.24) is 9.55 Å². The molecule has 3 rings (SSSR count). The maximum atomic E-state index is 12.1. The van der Waals surface area contributed by atoms with Gasteiger partial charge in [0.15, 0.2) is 11.4 Å². The van der Waals surface area contributed by atoms with Gasteiger partial charge in [-0.25, -0.2) is 0 Å². The molecule has 8 heteroatoms. The molecule has 3 aromatic rings. The van der Waals surface area contributed by atoms with E-state index >= 15 is 0 Å². The van der Waals surface area contributed by atoms with Crippen molar-refractivity contribution in [2.45, 2.75) is 0 Å². The van der Waals surface area contributed by atoms with Crippen LogP contribution in [-0.2, 0) is 4.79 Å². The fraction of sp³-hybridized carbons (Fsp3) is 0.0588. The lowest BCUT2D eigenvalue weighted by Crippen LogP contribution is -2.20. The molecule has 0 fully saturated rings. The number of anilines is 1. The van der Waals surface area contributed by atoms with E-state index in [1.807, 2.05) is 24.4 Å². The number of benzene rings is 2. The summed E-state index contributed by atoms with van der Waals surface area (Å²) < 4.78 is 7.79. The van der Waals surface area contributed by atoms with Gasteiger partial charge in [0.05, 0.1) is 10.0 Å². The molecule has 1 amide bonds. The van der Waals surface area contributed by atoms with Gasteiger partial charge >= 0.3 is 0 Å². The predicted octanol–water partition coefficient (Wildman–Crippen LogP) is 4.86. The summed E-state index contributed by atoms with van der Waals surface area (Å²) in [6, 6.07) is 12.2. The van der Waals surface area contributed by atoms with Crippen molar-refractivity contribution >= 4 is 47.0 Å². The van der Waals surface area contributed by atoms with Crippen LogP contribution in [0, 0.1) is 4.77 Å². The second kappa shape index (κ2) is 7.74. The summed E-state index contributed by atoms with van der Waals surface area (Å²) in [5.74, 6) is 0.179. The number of hydrogen-bond donors (Lipinski definition) is 2. The maximum Gasteiger partial charge on any atom is 0.262 e. The molecule has 1 heterocycles. The summed E-state index contributed by atoms with van der Waals surface area (Å²) in [6.07, 6.45) is 3.56. The number of nitrogens with zero attached hydrogens (tertiary/aromatic N) is 1. The van der Waals surface area contributed by atoms with Crippen LogP contribution in [0.3, 0.4) is 0 Å². The van der Waals surface area contributed by atoms with Crippen LogP contribution < -0.4 is 10.1 Å². The number of nitrogens with one attached hydrogen (secondary N) is 2. The molecule has 0 spiro atoms. The van der Waals surface area contributed by atoms with E-state index in [2.05, 4.69) is 10.3 Å². The highest BCUT2D eigenvalue weighted by molar-refractivity contribution is 7.71. The Kier molecular flexibility index (Phi) is 5.43. The molecular weight excluding hydrogens is 381 g/mol. The molecule has 0 aliphatic heterocycles. The number of carbonyl (C=O) groups excluding carboxylic acids is 1. The lowest BCUT2D eigenvalue weighted by atomic mass is 10.2. The highest BCUT2D eigenvalue weighted by Gasteiger charge is 2.07. The van der Waals surface area contributed by atoms with E-state index < -0.39 is 0 Å². The molecule has 2 aromatic carbocycles. The summed E-state index contributed by atoms with van der Waals surface area (Å²) in [4.78, 5) is 15.0. The lowest BCUT2D eigenvalue weighted by Gasteiger charge is -2.10. The molecule has 1 aromatic heterocycles. The standard InChI is InChI=1S/C17H13Cl2N3O2S/c18-14-5-4-13(9-15(14)19)24-10-16(23)21-11-2-1-3-12(8-11)22-7-6-20-17(22)25/h1-9H,10H2,(H,20,25)(H,21,23). The van der Waals surface area contributed by atoms with E-state index in [9.17, 15) is 4.79 Å². The predicted molar refractivity (Wildman–Crippen MR) is 102 cm³/mol. The Morgan fingerprint density at radius 1 is 1.20 bits per heavy atom. The number of ether oxygens (including phenoxy) is 1. The number of H-pyrrole nitrogens is 1. The number of aromatic amines is 1. The van der Waals surface area contributed by atoms with Crippen molar-refractivity contribution in [3.63, 3.8) is 0 Å². The first kappa shape index (κ1) is 17.5. The summed E-state index contributed by atoms with van der Waals surface area (Å²) in [6.45, 7) is -0.147. The summed E-state index contributed by atoms with van der Waals surface area (Å²) in [5.41, 5.74) is 1.48. The second-order valence-corrected chi connectivity index (χ2v) is 6.30. The monoisotopic (exact) mass is 393 g/mol. The van der Waals surface area contributed by atoms with Crippen molar-refractivity contribution in [1.29, 1.82) is 0 Å². The minimum atomic E-state index is -0.291. The molecule has 25 heavy (non-hydrogen) atoms. The van der Waals surface area contributed by atoms with Crippen molar-refractivity contribution in [2.24, 2.45) is 0 Å². The van der Waals surface area contributed by atoms with Crippen molar-refractivity contribution in [3.05, 3.63) is 69.7 Å². The van der Waals surface area contributed by atoms with Crippen LogP contribution in [0.2, 0.25) is 10.0 Å². The third-order valence-corrected chi connectivity index (χ3v) is 4.37. The first-order valence-corrected chi connectivity index (χ1v) is 8.43. The summed E-state index contributed by atoms with van der Waals surface area (Å²) in [7, 11) is 0. The Morgan fingerprint density at radius 3 is 2.76 bits per heavy atom. The molecule has 0 aliphatic rings. The van der Waals surface area contributed by atoms with Crippen molar-refractivity contribution in [3.8, 4) is 11.4 Å². The Morgan fingerprint density at radius 2 is 2.04 bits per heavy atom. The molecule has 0 saturated heterocycles. The van der Waals surface area contributed by atoms with E-state index in [4.69, 9.17) is 40.2 Å². The number of rotatable bonds is 5. The van der Waals surface area contributed by atoms with E-state index in [0.717, 1.165) is 5.69 Å². The number of halogens is 2. The van der Waals surface area contributed by atoms with E-state index in [1.54, 1.807) is 35.0 Å². The Balaban J connectivity index is 1.64. The van der Waals surface area contributed by atoms with Gasteiger partial charge in [0, 0.05) is 29.8 Å². The van der Waals surface area contributed by atoms with E-state index in [0.29, 0.717) is 26.3 Å². The number of hydrogen-bond acceptors (Lipinski definition) is 3. The largest absolute Gasteiger partial charge is 0.484 e. The van der Waals surface area contributed by atoms with E-state index in [1.165, 1.54) is 0 Å². The average molecular weight is 394 g/mol. The molecule has 0 unspecified atom stereocenters. The molecule has 0 saturated carbocycles. The Bertz CT molecular complexity index is 968. The van der Waals surface area contributed by atoms with Gasteiger partial charge in [0.25, 0.3) is 5.91 Å². The van der Waals surface area contributed by atoms with Gasteiger partial charge < -0.3 is 15.0 Å². The zero-order valence-corrected chi connectivity index (χ0v) is 15.2. The number of imidazole rings is 1. The zero-order chi connectivity index (χ0) is 17.8. The number of aromatic nitrogens is 2. The Labute approximate surface area is 159 Å². The molecule has 0 atom stereocenters. The van der Waals surface area contributed by atoms with Gasteiger partial charge in [-0.2, -0.15) is 0 Å². The topological polar surface area (TPSA) is 59.0 Å². The van der Waals surface area contributed by atoms with Crippen LogP contribution in [0.5, 0.6) is 5.75 Å². The average Bonchev–Trinajstić information content (AvgIpc) is 3.02. The molecule has 0 bridgehead atoms. The molecular formula is C17H13Cl2N3O2S. The Hall–Kier alpha value is -2.28. The fourth-order valence-corrected chi connectivity index (χ4v) is 2.69. The second-order valence-electron chi connectivity index (χ2n) is 5.10. The fourth-order valence-electron chi connectivity index (χ4n) is 2.17. The smallest absolute Gasteiger partial charge is 0.262 e. The van der Waals surface area contributed by atoms with Gasteiger partial charge in [0.1, 0.15) is 5.75 Å². The highest BCUT2D eigenvalue weighted by Crippen LogP contribution is 2.26. The quantitative estimate of drug-likeness (QED) is 0.608. The third kappa shape index (κ3) is 4.42. The number of carbonyl (C=O) groups is 1. The minimum Gasteiger partial charge on any atom is -0.484 e. The van der Waals surface area contributed by atoms with Crippen LogP contribution >= 0.6 is 35.4 Å². The lowest BCUT2D eigenvalue weighted by molar-refractivity contribution is -0.118. The van der Waals surface area contributed by atoms with Crippen LogP contribution in [0.4, 0.5) is 5.69 Å². The molecule has 0 radical (unpaired) electrons. The SMILES string of the molecule is O=C(COc1ccc(Cl)c(Cl)c1)Nc1cccc(-n2cc[nH]c2=S)c1. The number of amides is 1.